The first-order valence-electron chi connectivity index (χ1n) is 6.97. The smallest absolute Gasteiger partial charge is 0.123 e. The Kier molecular flexibility index (Phi) is 3.18. The molecule has 1 heterocycles. The summed E-state index contributed by atoms with van der Waals surface area (Å²) in [4.78, 5) is 2.36. The van der Waals surface area contributed by atoms with Gasteiger partial charge in [-0.3, -0.25) is 5.41 Å². The number of para-hydroxylation sites is 1. The Morgan fingerprint density at radius 2 is 2.00 bits per heavy atom. The van der Waals surface area contributed by atoms with E-state index in [9.17, 15) is 0 Å². The molecular formula is C17H19N3. The van der Waals surface area contributed by atoms with Crippen LogP contribution in [0, 0.1) is 12.3 Å². The van der Waals surface area contributed by atoms with Crippen molar-refractivity contribution in [3.63, 3.8) is 0 Å². The number of rotatable bonds is 2. The molecule has 3 nitrogen and oxygen atoms in total. The van der Waals surface area contributed by atoms with Crippen molar-refractivity contribution in [3.05, 3.63) is 59.2 Å². The summed E-state index contributed by atoms with van der Waals surface area (Å²) in [5.41, 5.74) is 11.4. The Morgan fingerprint density at radius 3 is 2.75 bits per heavy atom. The second-order valence-electron chi connectivity index (χ2n) is 5.30. The lowest BCUT2D eigenvalue weighted by atomic mass is 10.00. The zero-order valence-electron chi connectivity index (χ0n) is 11.7. The Labute approximate surface area is 119 Å². The van der Waals surface area contributed by atoms with E-state index in [2.05, 4.69) is 41.3 Å². The molecule has 0 aliphatic carbocycles. The number of nitrogen functional groups attached to an aromatic ring is 1. The fourth-order valence-corrected chi connectivity index (χ4v) is 2.92. The molecule has 3 rings (SSSR count). The molecule has 1 aliphatic heterocycles. The summed E-state index contributed by atoms with van der Waals surface area (Å²) in [5, 5.41) is 7.57. The maximum absolute atomic E-state index is 7.57. The molecule has 0 bridgehead atoms. The van der Waals surface area contributed by atoms with E-state index in [1.54, 1.807) is 0 Å². The summed E-state index contributed by atoms with van der Waals surface area (Å²) in [6, 6.07) is 14.7. The summed E-state index contributed by atoms with van der Waals surface area (Å²) in [6.45, 7) is 3.05. The molecule has 0 atom stereocenters. The van der Waals surface area contributed by atoms with Crippen molar-refractivity contribution in [3.8, 4) is 0 Å². The van der Waals surface area contributed by atoms with E-state index in [1.807, 2.05) is 13.0 Å². The molecule has 20 heavy (non-hydrogen) atoms. The van der Waals surface area contributed by atoms with Gasteiger partial charge in [0.25, 0.3) is 0 Å². The van der Waals surface area contributed by atoms with E-state index in [0.29, 0.717) is 0 Å². The highest BCUT2D eigenvalue weighted by Gasteiger charge is 2.18. The molecule has 0 amide bonds. The molecule has 3 heteroatoms. The summed E-state index contributed by atoms with van der Waals surface area (Å²) >= 11 is 0. The number of amidine groups is 1. The number of nitrogens with zero attached hydrogens (tertiary/aromatic N) is 1. The van der Waals surface area contributed by atoms with Crippen molar-refractivity contribution >= 4 is 17.2 Å². The molecule has 2 aromatic rings. The largest absolute Gasteiger partial charge is 0.384 e. The van der Waals surface area contributed by atoms with Gasteiger partial charge in [-0.1, -0.05) is 18.2 Å². The van der Waals surface area contributed by atoms with Crippen LogP contribution in [-0.4, -0.2) is 12.4 Å². The van der Waals surface area contributed by atoms with Gasteiger partial charge in [-0.05, 0) is 55.2 Å². The Morgan fingerprint density at radius 1 is 1.20 bits per heavy atom. The lowest BCUT2D eigenvalue weighted by Crippen LogP contribution is -2.24. The van der Waals surface area contributed by atoms with E-state index >= 15 is 0 Å². The van der Waals surface area contributed by atoms with Crippen LogP contribution in [0.1, 0.15) is 23.1 Å². The minimum Gasteiger partial charge on any atom is -0.384 e. The van der Waals surface area contributed by atoms with Gasteiger partial charge in [0.15, 0.2) is 0 Å². The van der Waals surface area contributed by atoms with Gasteiger partial charge in [-0.2, -0.15) is 0 Å². The maximum atomic E-state index is 7.57. The predicted molar refractivity (Wildman–Crippen MR) is 84.0 cm³/mol. The minimum atomic E-state index is 0.132. The average Bonchev–Trinajstić information content (AvgIpc) is 2.46. The molecule has 102 valence electrons. The van der Waals surface area contributed by atoms with E-state index in [0.717, 1.165) is 24.1 Å². The van der Waals surface area contributed by atoms with Crippen LogP contribution >= 0.6 is 0 Å². The lowest BCUT2D eigenvalue weighted by molar-refractivity contribution is 0.766. The standard InChI is InChI=1S/C17H19N3/c1-12-11-14(8-9-15(12)17(18)19)20-10-4-6-13-5-2-3-7-16(13)20/h2-3,5,7-9,11H,4,6,10H2,1H3,(H3,18,19). The second-order valence-corrected chi connectivity index (χ2v) is 5.30. The molecule has 0 fully saturated rings. The third kappa shape index (κ3) is 2.16. The number of anilines is 2. The van der Waals surface area contributed by atoms with Crippen LogP contribution in [0.25, 0.3) is 0 Å². The third-order valence-electron chi connectivity index (χ3n) is 3.92. The summed E-state index contributed by atoms with van der Waals surface area (Å²) in [7, 11) is 0. The van der Waals surface area contributed by atoms with Gasteiger partial charge in [0.1, 0.15) is 5.84 Å². The van der Waals surface area contributed by atoms with E-state index < -0.39 is 0 Å². The monoisotopic (exact) mass is 265 g/mol. The van der Waals surface area contributed by atoms with Crippen LogP contribution in [0.2, 0.25) is 0 Å². The molecule has 1 aliphatic rings. The molecule has 3 N–H and O–H groups in total. The zero-order valence-corrected chi connectivity index (χ0v) is 11.7. The van der Waals surface area contributed by atoms with Crippen molar-refractivity contribution < 1.29 is 0 Å². The normalized spacial score (nSPS) is 13.9. The van der Waals surface area contributed by atoms with Crippen LogP contribution in [0.5, 0.6) is 0 Å². The molecule has 0 spiro atoms. The SMILES string of the molecule is Cc1cc(N2CCCc3ccccc32)ccc1C(=N)N. The number of nitrogens with two attached hydrogens (primary N) is 1. The van der Waals surface area contributed by atoms with Crippen molar-refractivity contribution in [2.45, 2.75) is 19.8 Å². The topological polar surface area (TPSA) is 53.1 Å². The van der Waals surface area contributed by atoms with Crippen LogP contribution in [-0.2, 0) is 6.42 Å². The highest BCUT2D eigenvalue weighted by Crippen LogP contribution is 2.33. The first-order valence-corrected chi connectivity index (χ1v) is 6.97. The number of nitrogens with one attached hydrogen (secondary N) is 1. The molecule has 0 unspecified atom stereocenters. The van der Waals surface area contributed by atoms with Gasteiger partial charge >= 0.3 is 0 Å². The van der Waals surface area contributed by atoms with Crippen molar-refractivity contribution in [2.24, 2.45) is 5.73 Å². The third-order valence-corrected chi connectivity index (χ3v) is 3.92. The second kappa shape index (κ2) is 5.00. The number of hydrogen-bond donors (Lipinski definition) is 2. The Hall–Kier alpha value is -2.29. The molecule has 0 radical (unpaired) electrons. The van der Waals surface area contributed by atoms with E-state index in [-0.39, 0.29) is 5.84 Å². The molecular weight excluding hydrogens is 246 g/mol. The van der Waals surface area contributed by atoms with Crippen LogP contribution in [0.3, 0.4) is 0 Å². The van der Waals surface area contributed by atoms with Crippen LogP contribution in [0.4, 0.5) is 11.4 Å². The molecule has 0 aromatic heterocycles. The van der Waals surface area contributed by atoms with Gasteiger partial charge < -0.3 is 10.6 Å². The summed E-state index contributed by atoms with van der Waals surface area (Å²) < 4.78 is 0. The number of benzene rings is 2. The highest BCUT2D eigenvalue weighted by atomic mass is 15.1. The van der Waals surface area contributed by atoms with E-state index in [4.69, 9.17) is 11.1 Å². The molecule has 0 saturated heterocycles. The minimum absolute atomic E-state index is 0.132. The van der Waals surface area contributed by atoms with Crippen molar-refractivity contribution in [1.82, 2.24) is 0 Å². The lowest BCUT2D eigenvalue weighted by Gasteiger charge is -2.31. The highest BCUT2D eigenvalue weighted by molar-refractivity contribution is 5.96. The number of aryl methyl sites for hydroxylation is 2. The van der Waals surface area contributed by atoms with Gasteiger partial charge in [0.2, 0.25) is 0 Å². The van der Waals surface area contributed by atoms with Crippen LogP contribution in [0.15, 0.2) is 42.5 Å². The quantitative estimate of drug-likeness (QED) is 0.646. The number of hydrogen-bond acceptors (Lipinski definition) is 2. The maximum Gasteiger partial charge on any atom is 0.123 e. The van der Waals surface area contributed by atoms with Gasteiger partial charge in [0.05, 0.1) is 0 Å². The fraction of sp³-hybridized carbons (Fsp3) is 0.235. The van der Waals surface area contributed by atoms with Crippen LogP contribution < -0.4 is 10.6 Å². The van der Waals surface area contributed by atoms with Gasteiger partial charge in [-0.25, -0.2) is 0 Å². The number of fused-ring (bicyclic) bond motifs is 1. The first kappa shape index (κ1) is 12.7. The zero-order chi connectivity index (χ0) is 14.1. The average molecular weight is 265 g/mol. The van der Waals surface area contributed by atoms with Gasteiger partial charge in [-0.15, -0.1) is 0 Å². The summed E-state index contributed by atoms with van der Waals surface area (Å²) in [6.07, 6.45) is 2.32. The van der Waals surface area contributed by atoms with Crippen molar-refractivity contribution in [1.29, 1.82) is 5.41 Å². The fourth-order valence-electron chi connectivity index (χ4n) is 2.92. The molecule has 0 saturated carbocycles. The van der Waals surface area contributed by atoms with Crippen molar-refractivity contribution in [2.75, 3.05) is 11.4 Å². The van der Waals surface area contributed by atoms with Gasteiger partial charge in [0, 0.05) is 23.5 Å². The van der Waals surface area contributed by atoms with E-state index in [1.165, 1.54) is 23.4 Å². The molecule has 2 aromatic carbocycles. The first-order chi connectivity index (χ1) is 9.66. The Bertz CT molecular complexity index is 661. The Balaban J connectivity index is 2.03. The predicted octanol–water partition coefficient (Wildman–Crippen LogP) is 3.36. The summed E-state index contributed by atoms with van der Waals surface area (Å²) in [5.74, 6) is 0.132.